The fourth-order valence-electron chi connectivity index (χ4n) is 5.07. The molecule has 0 bridgehead atoms. The average molecular weight is 474 g/mol. The number of hydrogen-bond acceptors (Lipinski definition) is 5. The summed E-state index contributed by atoms with van der Waals surface area (Å²) < 4.78 is 15.0. The molecule has 2 aliphatic rings. The minimum Gasteiger partial charge on any atom is -0.383 e. The smallest absolute Gasteiger partial charge is 0.251 e. The minimum absolute atomic E-state index is 0.0638. The molecule has 182 valence electrons. The van der Waals surface area contributed by atoms with Gasteiger partial charge in [0.05, 0.1) is 0 Å². The van der Waals surface area contributed by atoms with Crippen LogP contribution in [0.15, 0.2) is 48.5 Å². The van der Waals surface area contributed by atoms with Crippen molar-refractivity contribution in [2.75, 3.05) is 38.5 Å². The number of nitrogens with two attached hydrogens (primary N) is 1. The number of pyridine rings is 1. The number of nitrogen functional groups attached to an aromatic ring is 1. The summed E-state index contributed by atoms with van der Waals surface area (Å²) >= 11 is 0. The maximum absolute atomic E-state index is 15.0. The Bertz CT molecular complexity index is 1250. The van der Waals surface area contributed by atoms with Crippen LogP contribution < -0.4 is 11.1 Å². The van der Waals surface area contributed by atoms with E-state index in [9.17, 15) is 4.79 Å². The fourth-order valence-corrected chi connectivity index (χ4v) is 5.07. The summed E-state index contributed by atoms with van der Waals surface area (Å²) in [6.45, 7) is 10.1. The molecule has 3 N–H and O–H groups in total. The number of hydrogen-bond donors (Lipinski definition) is 2. The van der Waals surface area contributed by atoms with E-state index in [0.717, 1.165) is 61.4 Å². The monoisotopic (exact) mass is 473 g/mol. The third-order valence-electron chi connectivity index (χ3n) is 7.13. The van der Waals surface area contributed by atoms with Crippen molar-refractivity contribution in [2.24, 2.45) is 0 Å². The topological polar surface area (TPSA) is 74.5 Å². The molecule has 0 saturated carbocycles. The van der Waals surface area contributed by atoms with Gasteiger partial charge in [0.25, 0.3) is 5.91 Å². The molecule has 35 heavy (non-hydrogen) atoms. The number of piperazine rings is 1. The van der Waals surface area contributed by atoms with Crippen molar-refractivity contribution < 1.29 is 9.18 Å². The molecule has 3 heterocycles. The first-order chi connectivity index (χ1) is 16.9. The molecule has 1 fully saturated rings. The lowest BCUT2D eigenvalue weighted by Gasteiger charge is -2.37. The van der Waals surface area contributed by atoms with Gasteiger partial charge in [-0.05, 0) is 60.7 Å². The van der Waals surface area contributed by atoms with E-state index in [4.69, 9.17) is 5.73 Å². The zero-order chi connectivity index (χ0) is 24.5. The molecule has 1 aromatic heterocycles. The lowest BCUT2D eigenvalue weighted by Crippen LogP contribution is -2.48. The van der Waals surface area contributed by atoms with Crippen molar-refractivity contribution in [3.8, 4) is 22.3 Å². The average Bonchev–Trinajstić information content (AvgIpc) is 2.84. The van der Waals surface area contributed by atoms with E-state index in [0.29, 0.717) is 29.3 Å². The number of rotatable bonds is 5. The van der Waals surface area contributed by atoms with Crippen molar-refractivity contribution >= 4 is 11.7 Å². The second kappa shape index (κ2) is 9.76. The molecule has 2 aliphatic heterocycles. The Kier molecular flexibility index (Phi) is 6.54. The van der Waals surface area contributed by atoms with Gasteiger partial charge in [-0.3, -0.25) is 14.6 Å². The number of aromatic nitrogens is 1. The number of carbonyl (C=O) groups is 1. The van der Waals surface area contributed by atoms with E-state index in [2.05, 4.69) is 40.0 Å². The summed E-state index contributed by atoms with van der Waals surface area (Å²) in [5.41, 5.74) is 11.7. The van der Waals surface area contributed by atoms with Gasteiger partial charge in [0, 0.05) is 62.0 Å². The zero-order valence-corrected chi connectivity index (χ0v) is 20.4. The zero-order valence-electron chi connectivity index (χ0n) is 20.4. The van der Waals surface area contributed by atoms with E-state index >= 15 is 4.39 Å². The van der Waals surface area contributed by atoms with Crippen LogP contribution in [-0.2, 0) is 13.0 Å². The third kappa shape index (κ3) is 4.92. The van der Waals surface area contributed by atoms with Crippen molar-refractivity contribution in [2.45, 2.75) is 32.9 Å². The molecule has 5 rings (SSSR count). The summed E-state index contributed by atoms with van der Waals surface area (Å²) in [4.78, 5) is 21.1. The molecule has 7 heteroatoms. The van der Waals surface area contributed by atoms with Gasteiger partial charge >= 0.3 is 0 Å². The van der Waals surface area contributed by atoms with Crippen LogP contribution in [0.4, 0.5) is 10.2 Å². The van der Waals surface area contributed by atoms with Gasteiger partial charge in [0.15, 0.2) is 0 Å². The lowest BCUT2D eigenvalue weighted by molar-refractivity contribution is 0.0946. The largest absolute Gasteiger partial charge is 0.383 e. The highest BCUT2D eigenvalue weighted by Crippen LogP contribution is 2.33. The van der Waals surface area contributed by atoms with Crippen LogP contribution in [0.3, 0.4) is 0 Å². The normalized spacial score (nSPS) is 16.9. The lowest BCUT2D eigenvalue weighted by atomic mass is 9.94. The van der Waals surface area contributed by atoms with Crippen LogP contribution in [0, 0.1) is 5.95 Å². The SMILES string of the molecule is CC(C)N1CCN(Cc2cccc(-c3cc(-c4ccc5c(c4)CCNC5=O)c(N)nc3F)c2)CC1. The van der Waals surface area contributed by atoms with Crippen molar-refractivity contribution in [3.05, 3.63) is 71.2 Å². The number of carbonyl (C=O) groups excluding carboxylic acids is 1. The molecule has 0 unspecified atom stereocenters. The molecular formula is C28H32FN5O. The summed E-state index contributed by atoms with van der Waals surface area (Å²) in [6, 6.07) is 16.0. The van der Waals surface area contributed by atoms with Gasteiger partial charge in [-0.2, -0.15) is 4.39 Å². The van der Waals surface area contributed by atoms with Crippen LogP contribution in [-0.4, -0.2) is 59.5 Å². The summed E-state index contributed by atoms with van der Waals surface area (Å²) in [5.74, 6) is -0.497. The van der Waals surface area contributed by atoms with Crippen LogP contribution >= 0.6 is 0 Å². The molecule has 1 amide bonds. The highest BCUT2D eigenvalue weighted by Gasteiger charge is 2.21. The molecule has 6 nitrogen and oxygen atoms in total. The summed E-state index contributed by atoms with van der Waals surface area (Å²) in [5, 5.41) is 2.86. The minimum atomic E-state index is -0.578. The Hall–Kier alpha value is -3.29. The Morgan fingerprint density at radius 3 is 2.54 bits per heavy atom. The van der Waals surface area contributed by atoms with Gasteiger partial charge < -0.3 is 11.1 Å². The molecule has 0 aliphatic carbocycles. The summed E-state index contributed by atoms with van der Waals surface area (Å²) in [7, 11) is 0. The van der Waals surface area contributed by atoms with Gasteiger partial charge in [0.2, 0.25) is 5.95 Å². The van der Waals surface area contributed by atoms with Crippen molar-refractivity contribution in [3.63, 3.8) is 0 Å². The highest BCUT2D eigenvalue weighted by molar-refractivity contribution is 5.97. The Balaban J connectivity index is 1.41. The molecule has 2 aromatic carbocycles. The Morgan fingerprint density at radius 2 is 1.77 bits per heavy atom. The number of nitrogens with zero attached hydrogens (tertiary/aromatic N) is 3. The molecule has 0 radical (unpaired) electrons. The predicted octanol–water partition coefficient (Wildman–Crippen LogP) is 3.95. The second-order valence-corrected chi connectivity index (χ2v) is 9.74. The van der Waals surface area contributed by atoms with E-state index in [1.807, 2.05) is 30.3 Å². The first kappa shape index (κ1) is 23.5. The number of fused-ring (bicyclic) bond motifs is 1. The fraction of sp³-hybridized carbons (Fsp3) is 0.357. The predicted molar refractivity (Wildman–Crippen MR) is 138 cm³/mol. The first-order valence-electron chi connectivity index (χ1n) is 12.3. The number of halogens is 1. The van der Waals surface area contributed by atoms with Crippen LogP contribution in [0.25, 0.3) is 22.3 Å². The van der Waals surface area contributed by atoms with Gasteiger partial charge in [0.1, 0.15) is 5.82 Å². The Labute approximate surface area is 206 Å². The van der Waals surface area contributed by atoms with Crippen molar-refractivity contribution in [1.29, 1.82) is 0 Å². The van der Waals surface area contributed by atoms with Crippen LogP contribution in [0.2, 0.25) is 0 Å². The number of nitrogens with one attached hydrogen (secondary N) is 1. The number of amides is 1. The standard InChI is InChI=1S/C28H32FN5O/c1-18(2)34-12-10-33(11-13-34)17-19-4-3-5-20(14-19)24-16-25(27(30)32-26(24)29)21-6-7-23-22(15-21)8-9-31-28(23)35/h3-7,14-16,18H,8-13,17H2,1-2H3,(H2,30,32)(H,31,35). The molecule has 0 atom stereocenters. The van der Waals surface area contributed by atoms with E-state index in [1.165, 1.54) is 0 Å². The number of benzene rings is 2. The van der Waals surface area contributed by atoms with Gasteiger partial charge in [-0.1, -0.05) is 30.3 Å². The van der Waals surface area contributed by atoms with E-state index < -0.39 is 5.95 Å². The first-order valence-corrected chi connectivity index (χ1v) is 12.3. The van der Waals surface area contributed by atoms with Crippen molar-refractivity contribution in [1.82, 2.24) is 20.1 Å². The molecule has 3 aromatic rings. The van der Waals surface area contributed by atoms with Gasteiger partial charge in [-0.25, -0.2) is 4.98 Å². The quantitative estimate of drug-likeness (QED) is 0.549. The van der Waals surface area contributed by atoms with E-state index in [1.54, 1.807) is 12.1 Å². The second-order valence-electron chi connectivity index (χ2n) is 9.74. The molecule has 0 spiro atoms. The maximum atomic E-state index is 15.0. The third-order valence-corrected chi connectivity index (χ3v) is 7.13. The van der Waals surface area contributed by atoms with Gasteiger partial charge in [-0.15, -0.1) is 0 Å². The van der Waals surface area contributed by atoms with Crippen LogP contribution in [0.5, 0.6) is 0 Å². The summed E-state index contributed by atoms with van der Waals surface area (Å²) in [6.07, 6.45) is 0.754. The molecular weight excluding hydrogens is 441 g/mol. The van der Waals surface area contributed by atoms with E-state index in [-0.39, 0.29) is 11.7 Å². The maximum Gasteiger partial charge on any atom is 0.251 e. The van der Waals surface area contributed by atoms with Crippen LogP contribution in [0.1, 0.15) is 35.3 Å². The highest BCUT2D eigenvalue weighted by atomic mass is 19.1. The number of anilines is 1. The Morgan fingerprint density at radius 1 is 1.00 bits per heavy atom. The molecule has 1 saturated heterocycles.